The molecule has 5 heteroatoms. The number of nitrogens with zero attached hydrogens (tertiary/aromatic N) is 2. The first-order chi connectivity index (χ1) is 9.11. The predicted molar refractivity (Wildman–Crippen MR) is 74.7 cm³/mol. The molecule has 5 nitrogen and oxygen atoms in total. The summed E-state index contributed by atoms with van der Waals surface area (Å²) in [5.41, 5.74) is 5.48. The molecule has 2 aliphatic rings. The smallest absolute Gasteiger partial charge is 0.234 e. The first kappa shape index (κ1) is 14.8. The third kappa shape index (κ3) is 3.68. The van der Waals surface area contributed by atoms with Crippen LogP contribution in [0.15, 0.2) is 0 Å². The molecule has 1 unspecified atom stereocenters. The van der Waals surface area contributed by atoms with E-state index in [0.717, 1.165) is 58.3 Å². The molecule has 0 aromatic rings. The van der Waals surface area contributed by atoms with E-state index in [0.29, 0.717) is 6.04 Å². The van der Waals surface area contributed by atoms with E-state index < -0.39 is 0 Å². The summed E-state index contributed by atoms with van der Waals surface area (Å²) in [4.78, 5) is 16.1. The van der Waals surface area contributed by atoms with Crippen LogP contribution >= 0.6 is 0 Å². The molecule has 0 spiro atoms. The maximum Gasteiger partial charge on any atom is 0.234 e. The number of aliphatic hydroxyl groups is 1. The molecular weight excluding hydrogens is 242 g/mol. The van der Waals surface area contributed by atoms with Crippen LogP contribution in [0, 0.1) is 0 Å². The number of piperidine rings is 1. The fraction of sp³-hybridized carbons (Fsp3) is 0.929. The molecule has 0 aliphatic carbocycles. The van der Waals surface area contributed by atoms with Gasteiger partial charge >= 0.3 is 0 Å². The molecule has 0 radical (unpaired) electrons. The molecule has 2 saturated heterocycles. The Morgan fingerprint density at radius 3 is 2.58 bits per heavy atom. The molecule has 2 heterocycles. The zero-order chi connectivity index (χ0) is 13.8. The minimum Gasteiger partial charge on any atom is -0.392 e. The van der Waals surface area contributed by atoms with Gasteiger partial charge in [0, 0.05) is 12.6 Å². The molecule has 0 bridgehead atoms. The van der Waals surface area contributed by atoms with Gasteiger partial charge in [-0.2, -0.15) is 0 Å². The Hall–Kier alpha value is -0.650. The largest absolute Gasteiger partial charge is 0.392 e. The summed E-state index contributed by atoms with van der Waals surface area (Å²) in [7, 11) is 0. The Bertz CT molecular complexity index is 303. The van der Waals surface area contributed by atoms with E-state index in [2.05, 4.69) is 9.80 Å². The second-order valence-electron chi connectivity index (χ2n) is 5.89. The zero-order valence-electron chi connectivity index (χ0n) is 11.9. The molecule has 19 heavy (non-hydrogen) atoms. The maximum atomic E-state index is 11.4. The Labute approximate surface area is 115 Å². The van der Waals surface area contributed by atoms with Crippen molar-refractivity contribution in [3.63, 3.8) is 0 Å². The summed E-state index contributed by atoms with van der Waals surface area (Å²) < 4.78 is 0. The Morgan fingerprint density at radius 1 is 1.32 bits per heavy atom. The van der Waals surface area contributed by atoms with Crippen LogP contribution in [-0.2, 0) is 4.79 Å². The van der Waals surface area contributed by atoms with Crippen molar-refractivity contribution in [1.82, 2.24) is 9.80 Å². The van der Waals surface area contributed by atoms with Gasteiger partial charge in [-0.1, -0.05) is 6.92 Å². The molecule has 2 atom stereocenters. The van der Waals surface area contributed by atoms with Crippen LogP contribution in [0.4, 0.5) is 0 Å². The average Bonchev–Trinajstić information content (AvgIpc) is 2.89. The zero-order valence-corrected chi connectivity index (χ0v) is 11.9. The van der Waals surface area contributed by atoms with Crippen molar-refractivity contribution in [1.29, 1.82) is 0 Å². The summed E-state index contributed by atoms with van der Waals surface area (Å²) in [6, 6.07) is 0.452. The molecule has 0 saturated carbocycles. The molecule has 1 amide bonds. The van der Waals surface area contributed by atoms with Crippen LogP contribution < -0.4 is 5.73 Å². The van der Waals surface area contributed by atoms with E-state index in [1.54, 1.807) is 0 Å². The van der Waals surface area contributed by atoms with Gasteiger partial charge in [0.25, 0.3) is 0 Å². The van der Waals surface area contributed by atoms with Crippen molar-refractivity contribution in [2.75, 3.05) is 26.2 Å². The van der Waals surface area contributed by atoms with Gasteiger partial charge in [0.2, 0.25) is 5.91 Å². The lowest BCUT2D eigenvalue weighted by Crippen LogP contribution is -2.51. The van der Waals surface area contributed by atoms with Gasteiger partial charge in [0.1, 0.15) is 0 Å². The molecule has 2 rings (SSSR count). The van der Waals surface area contributed by atoms with E-state index in [4.69, 9.17) is 5.73 Å². The van der Waals surface area contributed by atoms with E-state index in [-0.39, 0.29) is 18.1 Å². The summed E-state index contributed by atoms with van der Waals surface area (Å²) in [5, 5.41) is 9.69. The van der Waals surface area contributed by atoms with Crippen LogP contribution in [0.1, 0.15) is 39.0 Å². The van der Waals surface area contributed by atoms with Crippen molar-refractivity contribution in [3.8, 4) is 0 Å². The second kappa shape index (κ2) is 6.68. The third-order valence-corrected chi connectivity index (χ3v) is 4.59. The minimum atomic E-state index is -0.207. The molecule has 2 aliphatic heterocycles. The SMILES string of the molecule is CC[C@@H](O)CN1CCC(N2CCCC2C(N)=O)CC1. The highest BCUT2D eigenvalue weighted by molar-refractivity contribution is 5.80. The minimum absolute atomic E-state index is 0.0437. The normalized spacial score (nSPS) is 28.6. The van der Waals surface area contributed by atoms with Crippen molar-refractivity contribution in [2.45, 2.75) is 57.2 Å². The number of β-amino-alcohol motifs (C(OH)–C–C–N with tert-alkyl or cyclic N) is 1. The van der Waals surface area contributed by atoms with E-state index in [9.17, 15) is 9.90 Å². The van der Waals surface area contributed by atoms with E-state index in [1.165, 1.54) is 0 Å². The van der Waals surface area contributed by atoms with Crippen LogP contribution in [-0.4, -0.2) is 65.2 Å². The van der Waals surface area contributed by atoms with Gasteiger partial charge in [-0.05, 0) is 51.7 Å². The summed E-state index contributed by atoms with van der Waals surface area (Å²) in [6.07, 6.45) is 4.78. The van der Waals surface area contributed by atoms with Gasteiger partial charge in [-0.3, -0.25) is 9.69 Å². The lowest BCUT2D eigenvalue weighted by molar-refractivity contribution is -0.123. The molecular formula is C14H27N3O2. The van der Waals surface area contributed by atoms with Gasteiger partial charge in [-0.25, -0.2) is 0 Å². The highest BCUT2D eigenvalue weighted by atomic mass is 16.3. The average molecular weight is 269 g/mol. The van der Waals surface area contributed by atoms with Gasteiger partial charge in [0.05, 0.1) is 12.1 Å². The molecule has 110 valence electrons. The van der Waals surface area contributed by atoms with Crippen molar-refractivity contribution < 1.29 is 9.90 Å². The first-order valence-corrected chi connectivity index (χ1v) is 7.57. The molecule has 2 fully saturated rings. The molecule has 0 aromatic heterocycles. The monoisotopic (exact) mass is 269 g/mol. The topological polar surface area (TPSA) is 69.8 Å². The van der Waals surface area contributed by atoms with Gasteiger partial charge < -0.3 is 15.7 Å². The highest BCUT2D eigenvalue weighted by Crippen LogP contribution is 2.25. The second-order valence-corrected chi connectivity index (χ2v) is 5.89. The summed E-state index contributed by atoms with van der Waals surface area (Å²) in [6.45, 7) is 5.84. The molecule has 3 N–H and O–H groups in total. The van der Waals surface area contributed by atoms with E-state index in [1.807, 2.05) is 6.92 Å². The summed E-state index contributed by atoms with van der Waals surface area (Å²) >= 11 is 0. The number of rotatable bonds is 5. The number of amides is 1. The van der Waals surface area contributed by atoms with Gasteiger partial charge in [-0.15, -0.1) is 0 Å². The lowest BCUT2D eigenvalue weighted by Gasteiger charge is -2.39. The summed E-state index contributed by atoms with van der Waals surface area (Å²) in [5.74, 6) is -0.165. The Balaban J connectivity index is 1.81. The standard InChI is InChI=1S/C14H27N3O2/c1-2-12(18)10-16-8-5-11(6-9-16)17-7-3-4-13(17)14(15)19/h11-13,18H,2-10H2,1H3,(H2,15,19)/t12-,13?/m1/s1. The first-order valence-electron chi connectivity index (χ1n) is 7.57. The van der Waals surface area contributed by atoms with Crippen LogP contribution in [0.5, 0.6) is 0 Å². The number of hydrogen-bond acceptors (Lipinski definition) is 4. The lowest BCUT2D eigenvalue weighted by atomic mass is 10.0. The Morgan fingerprint density at radius 2 is 2.00 bits per heavy atom. The Kier molecular flexibility index (Phi) is 5.19. The molecule has 0 aromatic carbocycles. The quantitative estimate of drug-likeness (QED) is 0.746. The van der Waals surface area contributed by atoms with Crippen molar-refractivity contribution >= 4 is 5.91 Å². The van der Waals surface area contributed by atoms with Crippen molar-refractivity contribution in [3.05, 3.63) is 0 Å². The number of nitrogens with two attached hydrogens (primary N) is 1. The number of hydrogen-bond donors (Lipinski definition) is 2. The van der Waals surface area contributed by atoms with Crippen LogP contribution in [0.3, 0.4) is 0 Å². The maximum absolute atomic E-state index is 11.4. The van der Waals surface area contributed by atoms with Gasteiger partial charge in [0.15, 0.2) is 0 Å². The van der Waals surface area contributed by atoms with E-state index >= 15 is 0 Å². The van der Waals surface area contributed by atoms with Crippen LogP contribution in [0.2, 0.25) is 0 Å². The number of primary amides is 1. The van der Waals surface area contributed by atoms with Crippen LogP contribution in [0.25, 0.3) is 0 Å². The highest BCUT2D eigenvalue weighted by Gasteiger charge is 2.35. The van der Waals surface area contributed by atoms with Crippen molar-refractivity contribution in [2.24, 2.45) is 5.73 Å². The third-order valence-electron chi connectivity index (χ3n) is 4.59. The fourth-order valence-corrected chi connectivity index (χ4v) is 3.39. The predicted octanol–water partition coefficient (Wildman–Crippen LogP) is 0.171. The fourth-order valence-electron chi connectivity index (χ4n) is 3.39. The number of carbonyl (C=O) groups excluding carboxylic acids is 1. The number of aliphatic hydroxyl groups excluding tert-OH is 1. The number of likely N-dealkylation sites (tertiary alicyclic amines) is 2. The number of carbonyl (C=O) groups is 1.